The van der Waals surface area contributed by atoms with Gasteiger partial charge in [-0.2, -0.15) is 4.98 Å². The Bertz CT molecular complexity index is 1240. The van der Waals surface area contributed by atoms with E-state index in [0.29, 0.717) is 24.1 Å². The first-order chi connectivity index (χ1) is 18.3. The molecule has 2 N–H and O–H groups in total. The summed E-state index contributed by atoms with van der Waals surface area (Å²) in [5.41, 5.74) is 0.110. The number of anilines is 4. The molecule has 0 saturated heterocycles. The van der Waals surface area contributed by atoms with Gasteiger partial charge in [-0.3, -0.25) is 9.59 Å². The summed E-state index contributed by atoms with van der Waals surface area (Å²) in [6, 6.07) is 3.11. The van der Waals surface area contributed by atoms with Crippen molar-refractivity contribution in [3.05, 3.63) is 34.7 Å². The van der Waals surface area contributed by atoms with Gasteiger partial charge < -0.3 is 25.3 Å². The van der Waals surface area contributed by atoms with Crippen molar-refractivity contribution in [3.8, 4) is 0 Å². The van der Waals surface area contributed by atoms with Crippen molar-refractivity contribution in [2.75, 3.05) is 42.8 Å². The molecule has 11 heteroatoms. The van der Waals surface area contributed by atoms with Crippen LogP contribution in [0, 0.1) is 11.2 Å². The van der Waals surface area contributed by atoms with E-state index < -0.39 is 17.1 Å². The minimum atomic E-state index is -0.688. The first kappa shape index (κ1) is 29.0. The molecule has 2 aliphatic rings. The minimum Gasteiger partial charge on any atom is -0.351 e. The number of nitrogens with zero attached hydrogens (tertiary/aromatic N) is 5. The van der Waals surface area contributed by atoms with Crippen LogP contribution in [0.15, 0.2) is 18.3 Å². The summed E-state index contributed by atoms with van der Waals surface area (Å²) in [5.74, 6) is -0.386. The maximum atomic E-state index is 15.1. The number of carbonyl (C=O) groups is 2. The summed E-state index contributed by atoms with van der Waals surface area (Å²) in [5, 5.41) is 6.13. The van der Waals surface area contributed by atoms with Gasteiger partial charge in [-0.15, -0.1) is 0 Å². The summed E-state index contributed by atoms with van der Waals surface area (Å²) < 4.78 is 15.1. The highest BCUT2D eigenvalue weighted by Crippen LogP contribution is 2.38. The summed E-state index contributed by atoms with van der Waals surface area (Å²) in [6.45, 7) is 8.38. The van der Waals surface area contributed by atoms with Crippen molar-refractivity contribution in [1.82, 2.24) is 20.2 Å². The highest BCUT2D eigenvalue weighted by atomic mass is 35.5. The maximum absolute atomic E-state index is 15.1. The van der Waals surface area contributed by atoms with Crippen molar-refractivity contribution >= 4 is 46.6 Å². The van der Waals surface area contributed by atoms with Crippen molar-refractivity contribution in [1.29, 1.82) is 0 Å². The summed E-state index contributed by atoms with van der Waals surface area (Å²) >= 11 is 6.49. The lowest BCUT2D eigenvalue weighted by Crippen LogP contribution is -2.44. The van der Waals surface area contributed by atoms with Gasteiger partial charge in [0.15, 0.2) is 5.82 Å². The fourth-order valence-electron chi connectivity index (χ4n) is 5.37. The zero-order valence-corrected chi connectivity index (χ0v) is 24.6. The van der Waals surface area contributed by atoms with Crippen LogP contribution in [-0.2, 0) is 4.79 Å². The van der Waals surface area contributed by atoms with E-state index in [2.05, 4.69) is 39.5 Å². The molecular weight excluding hydrogens is 521 g/mol. The Balaban J connectivity index is 1.54. The van der Waals surface area contributed by atoms with Gasteiger partial charge in [0.2, 0.25) is 11.9 Å². The van der Waals surface area contributed by atoms with Crippen LogP contribution >= 0.6 is 11.6 Å². The van der Waals surface area contributed by atoms with Gasteiger partial charge in [-0.25, -0.2) is 9.37 Å². The van der Waals surface area contributed by atoms with Gasteiger partial charge in [0.1, 0.15) is 11.5 Å². The van der Waals surface area contributed by atoms with Crippen LogP contribution in [-0.4, -0.2) is 72.5 Å². The molecule has 1 aromatic carbocycles. The van der Waals surface area contributed by atoms with Gasteiger partial charge >= 0.3 is 0 Å². The van der Waals surface area contributed by atoms with E-state index in [1.807, 2.05) is 27.7 Å². The van der Waals surface area contributed by atoms with Gasteiger partial charge in [0.25, 0.3) is 5.91 Å². The fourth-order valence-corrected chi connectivity index (χ4v) is 5.58. The Labute approximate surface area is 235 Å². The summed E-state index contributed by atoms with van der Waals surface area (Å²) in [4.78, 5) is 40.8. The molecule has 2 amide bonds. The lowest BCUT2D eigenvalue weighted by Gasteiger charge is -2.33. The van der Waals surface area contributed by atoms with E-state index in [1.54, 1.807) is 18.1 Å². The highest BCUT2D eigenvalue weighted by molar-refractivity contribution is 6.33. The first-order valence-corrected chi connectivity index (χ1v) is 13.8. The average Bonchev–Trinajstić information content (AvgIpc) is 2.95. The van der Waals surface area contributed by atoms with Gasteiger partial charge in [-0.1, -0.05) is 11.6 Å². The molecule has 0 spiro atoms. The van der Waals surface area contributed by atoms with Gasteiger partial charge in [0.05, 0.1) is 27.9 Å². The number of fused-ring (bicyclic) bond motifs is 1. The molecule has 2 aromatic rings. The van der Waals surface area contributed by atoms with Crippen molar-refractivity contribution in [3.63, 3.8) is 0 Å². The standard InChI is InChI=1S/C28H39ClFN7O2/c1-16(2)37-15-28(3,4)26(39)36(7)23-14-31-27(34-24(23)37)33-22-13-21(30)19(12-20(22)29)25(38)32-17-8-10-18(11-9-17)35(5)6/h12-14,16-18H,8-11,15H2,1-7H3,(H,32,38)(H,31,33,34). The molecule has 0 radical (unpaired) electrons. The van der Waals surface area contributed by atoms with E-state index in [0.717, 1.165) is 25.7 Å². The zero-order valence-electron chi connectivity index (χ0n) is 23.8. The summed E-state index contributed by atoms with van der Waals surface area (Å²) in [6.07, 6.45) is 5.26. The normalized spacial score (nSPS) is 21.2. The molecule has 0 bridgehead atoms. The monoisotopic (exact) mass is 559 g/mol. The molecule has 0 unspecified atom stereocenters. The Morgan fingerprint density at radius 2 is 1.87 bits per heavy atom. The Morgan fingerprint density at radius 1 is 1.21 bits per heavy atom. The molecule has 1 aromatic heterocycles. The Morgan fingerprint density at radius 3 is 2.49 bits per heavy atom. The number of amides is 2. The van der Waals surface area contributed by atoms with Crippen LogP contribution in [0.25, 0.3) is 0 Å². The quantitative estimate of drug-likeness (QED) is 0.523. The van der Waals surface area contributed by atoms with E-state index in [4.69, 9.17) is 16.6 Å². The van der Waals surface area contributed by atoms with Gasteiger partial charge in [0, 0.05) is 31.7 Å². The number of nitrogens with one attached hydrogen (secondary N) is 2. The number of benzene rings is 1. The second-order valence-corrected chi connectivity index (χ2v) is 12.2. The molecule has 212 valence electrons. The van der Waals surface area contributed by atoms with E-state index >= 15 is 4.39 Å². The van der Waals surface area contributed by atoms with Crippen LogP contribution in [0.1, 0.15) is 63.7 Å². The molecule has 1 saturated carbocycles. The SMILES string of the molecule is CC(C)N1CC(C)(C)C(=O)N(C)c2cnc(Nc3cc(F)c(C(=O)NC4CCC(N(C)C)CC4)cc3Cl)nc21. The predicted molar refractivity (Wildman–Crippen MR) is 154 cm³/mol. The van der Waals surface area contributed by atoms with Crippen molar-refractivity contribution in [2.45, 2.75) is 71.5 Å². The topological polar surface area (TPSA) is 93.7 Å². The van der Waals surface area contributed by atoms with Crippen LogP contribution in [0.2, 0.25) is 5.02 Å². The second-order valence-electron chi connectivity index (χ2n) is 11.8. The van der Waals surface area contributed by atoms with Crippen molar-refractivity contribution in [2.24, 2.45) is 5.41 Å². The number of aromatic nitrogens is 2. The Hall–Kier alpha value is -2.98. The van der Waals surface area contributed by atoms with E-state index in [1.165, 1.54) is 12.1 Å². The van der Waals surface area contributed by atoms with Gasteiger partial charge in [-0.05, 0) is 79.6 Å². The molecule has 9 nitrogen and oxygen atoms in total. The number of hydrogen-bond acceptors (Lipinski definition) is 7. The third-order valence-corrected chi connectivity index (χ3v) is 8.08. The van der Waals surface area contributed by atoms with E-state index in [-0.39, 0.29) is 40.2 Å². The number of carbonyl (C=O) groups excluding carboxylic acids is 2. The lowest BCUT2D eigenvalue weighted by atomic mass is 9.90. The summed E-state index contributed by atoms with van der Waals surface area (Å²) in [7, 11) is 5.84. The minimum absolute atomic E-state index is 0.0107. The van der Waals surface area contributed by atoms with Crippen LogP contribution in [0.5, 0.6) is 0 Å². The molecule has 1 fully saturated rings. The zero-order chi connectivity index (χ0) is 28.6. The third-order valence-electron chi connectivity index (χ3n) is 7.77. The number of halogens is 2. The first-order valence-electron chi connectivity index (χ1n) is 13.4. The van der Waals surface area contributed by atoms with Crippen molar-refractivity contribution < 1.29 is 14.0 Å². The molecule has 1 aliphatic carbocycles. The number of rotatable bonds is 6. The molecule has 0 atom stereocenters. The highest BCUT2D eigenvalue weighted by Gasteiger charge is 2.39. The number of hydrogen-bond donors (Lipinski definition) is 2. The Kier molecular flexibility index (Phi) is 8.37. The average molecular weight is 560 g/mol. The predicted octanol–water partition coefficient (Wildman–Crippen LogP) is 4.83. The van der Waals surface area contributed by atoms with E-state index in [9.17, 15) is 9.59 Å². The van der Waals surface area contributed by atoms with Crippen LogP contribution in [0.3, 0.4) is 0 Å². The second kappa shape index (κ2) is 11.3. The molecule has 1 aliphatic heterocycles. The fraction of sp³-hybridized carbons (Fsp3) is 0.571. The molecule has 4 rings (SSSR count). The third kappa shape index (κ3) is 6.11. The lowest BCUT2D eigenvalue weighted by molar-refractivity contribution is -0.125. The molecule has 2 heterocycles. The van der Waals surface area contributed by atoms with Crippen LogP contribution in [0.4, 0.5) is 27.5 Å². The smallest absolute Gasteiger partial charge is 0.254 e. The molecule has 39 heavy (non-hydrogen) atoms. The maximum Gasteiger partial charge on any atom is 0.254 e. The largest absolute Gasteiger partial charge is 0.351 e. The molecular formula is C28H39ClFN7O2. The van der Waals surface area contributed by atoms with Crippen LogP contribution < -0.4 is 20.4 Å².